The maximum absolute atomic E-state index is 13.7. The predicted molar refractivity (Wildman–Crippen MR) is 116 cm³/mol. The minimum atomic E-state index is -0.542. The molecule has 3 heterocycles. The molecule has 0 radical (unpaired) electrons. The summed E-state index contributed by atoms with van der Waals surface area (Å²) in [4.78, 5) is 4.35. The highest BCUT2D eigenvalue weighted by molar-refractivity contribution is 6.30. The van der Waals surface area contributed by atoms with Gasteiger partial charge in [-0.15, -0.1) is 0 Å². The standard InChI is InChI=1S/C24H15ClF2N4O/c25-15-5-10-19-18(11-15)21-20(23(32-19)14-3-8-17(27)9-4-14)22(13-1-6-16(26)7-2-13)31-24(30-21)28-12-29-31/h1-12,22-23H,(H,28,29,30)/t22-,23-/m0/s1. The molecule has 3 aromatic carbocycles. The Bertz CT molecular complexity index is 1370. The van der Waals surface area contributed by atoms with E-state index < -0.39 is 12.1 Å². The van der Waals surface area contributed by atoms with Gasteiger partial charge in [0.2, 0.25) is 5.95 Å². The Morgan fingerprint density at radius 1 is 0.906 bits per heavy atom. The first-order valence-electron chi connectivity index (χ1n) is 9.96. The van der Waals surface area contributed by atoms with Crippen LogP contribution >= 0.6 is 11.6 Å². The Labute approximate surface area is 186 Å². The van der Waals surface area contributed by atoms with Gasteiger partial charge in [0.15, 0.2) is 0 Å². The van der Waals surface area contributed by atoms with E-state index in [1.807, 2.05) is 12.1 Å². The first kappa shape index (κ1) is 19.0. The van der Waals surface area contributed by atoms with E-state index in [0.717, 1.165) is 28.0 Å². The van der Waals surface area contributed by atoms with Crippen molar-refractivity contribution < 1.29 is 13.5 Å². The lowest BCUT2D eigenvalue weighted by molar-refractivity contribution is 0.223. The number of ether oxygens (including phenoxy) is 1. The van der Waals surface area contributed by atoms with E-state index in [-0.39, 0.29) is 11.6 Å². The van der Waals surface area contributed by atoms with Gasteiger partial charge in [-0.2, -0.15) is 10.1 Å². The van der Waals surface area contributed by atoms with Gasteiger partial charge in [-0.3, -0.25) is 0 Å². The van der Waals surface area contributed by atoms with E-state index in [4.69, 9.17) is 16.3 Å². The third-order valence-electron chi connectivity index (χ3n) is 5.73. The lowest BCUT2D eigenvalue weighted by Crippen LogP contribution is -2.32. The molecule has 5 nitrogen and oxygen atoms in total. The normalized spacial score (nSPS) is 18.8. The van der Waals surface area contributed by atoms with E-state index in [1.54, 1.807) is 35.0 Å². The average molecular weight is 449 g/mol. The monoisotopic (exact) mass is 448 g/mol. The Balaban J connectivity index is 1.63. The topological polar surface area (TPSA) is 52.0 Å². The smallest absolute Gasteiger partial charge is 0.226 e. The number of fused-ring (bicyclic) bond motifs is 3. The highest BCUT2D eigenvalue weighted by Crippen LogP contribution is 2.50. The number of anilines is 1. The van der Waals surface area contributed by atoms with Crippen LogP contribution in [0.25, 0.3) is 5.70 Å². The molecule has 0 unspecified atom stereocenters. The summed E-state index contributed by atoms with van der Waals surface area (Å²) >= 11 is 6.31. The van der Waals surface area contributed by atoms with Crippen LogP contribution in [0.3, 0.4) is 0 Å². The molecule has 8 heteroatoms. The van der Waals surface area contributed by atoms with Crippen LogP contribution in [0.4, 0.5) is 14.7 Å². The van der Waals surface area contributed by atoms with Crippen LogP contribution in [0.15, 0.2) is 78.6 Å². The van der Waals surface area contributed by atoms with Crippen LogP contribution in [-0.4, -0.2) is 14.8 Å². The third kappa shape index (κ3) is 2.97. The van der Waals surface area contributed by atoms with Gasteiger partial charge in [-0.05, 0) is 53.6 Å². The molecule has 0 saturated carbocycles. The number of benzene rings is 3. The van der Waals surface area contributed by atoms with E-state index >= 15 is 0 Å². The third-order valence-corrected chi connectivity index (χ3v) is 5.97. The number of nitrogens with zero attached hydrogens (tertiary/aromatic N) is 3. The Morgan fingerprint density at radius 2 is 1.59 bits per heavy atom. The molecule has 2 atom stereocenters. The number of aromatic nitrogens is 3. The van der Waals surface area contributed by atoms with Crippen LogP contribution in [0.2, 0.25) is 5.02 Å². The van der Waals surface area contributed by atoms with Crippen molar-refractivity contribution in [3.8, 4) is 5.75 Å². The molecule has 1 aromatic heterocycles. The maximum Gasteiger partial charge on any atom is 0.226 e. The molecule has 0 spiro atoms. The SMILES string of the molecule is Fc1ccc([C@@H]2Oc3ccc(Cl)cc3C3=C2[C@H](c2ccc(F)cc2)n2ncnc2N3)cc1. The molecule has 0 aliphatic carbocycles. The number of hydrogen-bond donors (Lipinski definition) is 1. The first-order valence-corrected chi connectivity index (χ1v) is 10.3. The minimum Gasteiger partial charge on any atom is -0.480 e. The van der Waals surface area contributed by atoms with Gasteiger partial charge in [-0.25, -0.2) is 13.5 Å². The highest BCUT2D eigenvalue weighted by atomic mass is 35.5. The van der Waals surface area contributed by atoms with Crippen molar-refractivity contribution in [2.24, 2.45) is 0 Å². The van der Waals surface area contributed by atoms with Crippen molar-refractivity contribution in [3.63, 3.8) is 0 Å². The van der Waals surface area contributed by atoms with E-state index in [9.17, 15) is 8.78 Å². The van der Waals surface area contributed by atoms with Crippen molar-refractivity contribution in [2.75, 3.05) is 5.32 Å². The molecule has 4 aromatic rings. The Morgan fingerprint density at radius 3 is 2.31 bits per heavy atom. The molecule has 32 heavy (non-hydrogen) atoms. The molecule has 2 aliphatic heterocycles. The van der Waals surface area contributed by atoms with Crippen LogP contribution < -0.4 is 10.1 Å². The number of nitrogens with one attached hydrogen (secondary N) is 1. The van der Waals surface area contributed by atoms with Crippen molar-refractivity contribution in [1.82, 2.24) is 14.8 Å². The second kappa shape index (κ2) is 7.17. The van der Waals surface area contributed by atoms with E-state index in [0.29, 0.717) is 16.7 Å². The average Bonchev–Trinajstić information content (AvgIpc) is 3.27. The van der Waals surface area contributed by atoms with Crippen molar-refractivity contribution >= 4 is 23.2 Å². The number of hydrogen-bond acceptors (Lipinski definition) is 4. The summed E-state index contributed by atoms with van der Waals surface area (Å²) in [5.41, 5.74) is 4.01. The molecule has 0 fully saturated rings. The summed E-state index contributed by atoms with van der Waals surface area (Å²) in [5.74, 6) is 0.522. The molecule has 158 valence electrons. The Hall–Kier alpha value is -3.71. The van der Waals surface area contributed by atoms with Gasteiger partial charge in [-0.1, -0.05) is 35.9 Å². The minimum absolute atomic E-state index is 0.331. The van der Waals surface area contributed by atoms with Crippen LogP contribution in [0.1, 0.15) is 28.8 Å². The van der Waals surface area contributed by atoms with Gasteiger partial charge in [0.25, 0.3) is 0 Å². The summed E-state index contributed by atoms with van der Waals surface area (Å²) in [6.45, 7) is 0. The molecule has 1 N–H and O–H groups in total. The van der Waals surface area contributed by atoms with E-state index in [2.05, 4.69) is 15.4 Å². The summed E-state index contributed by atoms with van der Waals surface area (Å²) in [6, 6.07) is 17.4. The van der Waals surface area contributed by atoms with Crippen molar-refractivity contribution in [1.29, 1.82) is 0 Å². The van der Waals surface area contributed by atoms with E-state index in [1.165, 1.54) is 30.6 Å². The fourth-order valence-corrected chi connectivity index (χ4v) is 4.49. The van der Waals surface area contributed by atoms with Crippen molar-refractivity contribution in [2.45, 2.75) is 12.1 Å². The zero-order chi connectivity index (χ0) is 21.8. The summed E-state index contributed by atoms with van der Waals surface area (Å²) in [7, 11) is 0. The largest absolute Gasteiger partial charge is 0.480 e. The van der Waals surface area contributed by atoms with Gasteiger partial charge in [0.1, 0.15) is 35.9 Å². The number of halogens is 3. The zero-order valence-electron chi connectivity index (χ0n) is 16.5. The predicted octanol–water partition coefficient (Wildman–Crippen LogP) is 5.77. The number of rotatable bonds is 2. The second-order valence-electron chi connectivity index (χ2n) is 7.63. The second-order valence-corrected chi connectivity index (χ2v) is 8.06. The lowest BCUT2D eigenvalue weighted by Gasteiger charge is -2.39. The van der Waals surface area contributed by atoms with Gasteiger partial charge in [0.05, 0.1) is 5.70 Å². The zero-order valence-corrected chi connectivity index (χ0v) is 17.2. The van der Waals surface area contributed by atoms with Crippen molar-refractivity contribution in [3.05, 3.63) is 112 Å². The summed E-state index contributed by atoms with van der Waals surface area (Å²) < 4.78 is 35.5. The Kier molecular flexibility index (Phi) is 4.26. The fourth-order valence-electron chi connectivity index (χ4n) is 4.32. The molecule has 0 amide bonds. The molecule has 6 rings (SSSR count). The fraction of sp³-hybridized carbons (Fsp3) is 0.0833. The summed E-state index contributed by atoms with van der Waals surface area (Å²) in [5, 5.41) is 8.35. The molecule has 0 bridgehead atoms. The van der Waals surface area contributed by atoms with Crippen LogP contribution in [0, 0.1) is 11.6 Å². The first-order chi connectivity index (χ1) is 15.6. The maximum atomic E-state index is 13.7. The molecule has 0 saturated heterocycles. The van der Waals surface area contributed by atoms with Gasteiger partial charge >= 0.3 is 0 Å². The highest BCUT2D eigenvalue weighted by Gasteiger charge is 2.41. The van der Waals surface area contributed by atoms with Crippen LogP contribution in [-0.2, 0) is 0 Å². The quantitative estimate of drug-likeness (QED) is 0.423. The molecule has 2 aliphatic rings. The lowest BCUT2D eigenvalue weighted by atomic mass is 9.84. The van der Waals surface area contributed by atoms with Gasteiger partial charge in [0, 0.05) is 16.2 Å². The summed E-state index contributed by atoms with van der Waals surface area (Å²) in [6.07, 6.45) is 0.920. The van der Waals surface area contributed by atoms with Gasteiger partial charge < -0.3 is 10.1 Å². The molecular weight excluding hydrogens is 434 g/mol. The van der Waals surface area contributed by atoms with Crippen LogP contribution in [0.5, 0.6) is 5.75 Å². The molecular formula is C24H15ClF2N4O.